The molecule has 176 valence electrons. The number of hydrogen-bond donors (Lipinski definition) is 1. The van der Waals surface area contributed by atoms with E-state index >= 15 is 0 Å². The van der Waals surface area contributed by atoms with Crippen LogP contribution in [-0.2, 0) is 20.7 Å². The molecule has 2 aromatic carbocycles. The quantitative estimate of drug-likeness (QED) is 0.583. The number of nitrogens with one attached hydrogen (secondary N) is 1. The Kier molecular flexibility index (Phi) is 5.78. The van der Waals surface area contributed by atoms with Gasteiger partial charge in [-0.1, -0.05) is 36.4 Å². The van der Waals surface area contributed by atoms with Gasteiger partial charge in [0.15, 0.2) is 0 Å². The molecule has 6 heteroatoms. The molecule has 0 aliphatic carbocycles. The number of hydrogen-bond acceptors (Lipinski definition) is 4. The van der Waals surface area contributed by atoms with Crippen LogP contribution in [0.4, 0.5) is 0 Å². The van der Waals surface area contributed by atoms with Crippen LogP contribution < -0.4 is 0 Å². The van der Waals surface area contributed by atoms with E-state index in [2.05, 4.69) is 22.9 Å². The highest BCUT2D eigenvalue weighted by Crippen LogP contribution is 2.34. The van der Waals surface area contributed by atoms with E-state index in [4.69, 9.17) is 4.74 Å². The van der Waals surface area contributed by atoms with Gasteiger partial charge in [0.2, 0.25) is 0 Å². The minimum atomic E-state index is -0.213. The van der Waals surface area contributed by atoms with Crippen molar-refractivity contribution in [1.29, 1.82) is 0 Å². The summed E-state index contributed by atoms with van der Waals surface area (Å²) in [5, 5.41) is 1.12. The van der Waals surface area contributed by atoms with Gasteiger partial charge >= 0.3 is 0 Å². The SMILES string of the molecule is Cc1ccc(C2=C(N3CC(C)OC(C)C3)C(=O)N(CCc3c[nH]c4ccccc34)C2=O)cc1C. The number of morpholine rings is 1. The third kappa shape index (κ3) is 3.92. The molecular formula is C28H31N3O3. The number of aromatic nitrogens is 1. The monoisotopic (exact) mass is 457 g/mol. The Morgan fingerprint density at radius 2 is 1.71 bits per heavy atom. The number of nitrogens with zero attached hydrogens (tertiary/aromatic N) is 2. The lowest BCUT2D eigenvalue weighted by Crippen LogP contribution is -2.47. The highest BCUT2D eigenvalue weighted by atomic mass is 16.5. The molecular weight excluding hydrogens is 426 g/mol. The Morgan fingerprint density at radius 1 is 0.971 bits per heavy atom. The van der Waals surface area contributed by atoms with Crippen molar-refractivity contribution in [1.82, 2.24) is 14.8 Å². The number of carbonyl (C=O) groups excluding carboxylic acids is 2. The number of fused-ring (bicyclic) bond motifs is 1. The second kappa shape index (κ2) is 8.76. The molecule has 1 saturated heterocycles. The lowest BCUT2D eigenvalue weighted by molar-refractivity contribution is -0.138. The first-order chi connectivity index (χ1) is 16.3. The van der Waals surface area contributed by atoms with Crippen molar-refractivity contribution in [3.63, 3.8) is 0 Å². The van der Waals surface area contributed by atoms with E-state index in [9.17, 15) is 9.59 Å². The summed E-state index contributed by atoms with van der Waals surface area (Å²) in [6.45, 7) is 9.62. The van der Waals surface area contributed by atoms with Crippen LogP contribution in [0.15, 0.2) is 54.4 Å². The number of para-hydroxylation sites is 1. The highest BCUT2D eigenvalue weighted by Gasteiger charge is 2.43. The summed E-state index contributed by atoms with van der Waals surface area (Å²) in [5.41, 5.74) is 6.24. The summed E-state index contributed by atoms with van der Waals surface area (Å²) >= 11 is 0. The molecule has 2 unspecified atom stereocenters. The van der Waals surface area contributed by atoms with Gasteiger partial charge in [-0.05, 0) is 62.4 Å². The zero-order valence-electron chi connectivity index (χ0n) is 20.2. The number of benzene rings is 2. The standard InChI is InChI=1S/C28H31N3O3/c1-17-9-10-21(13-18(17)2)25-26(30-15-19(3)34-20(4)16-30)28(33)31(27(25)32)12-11-22-14-29-24-8-6-5-7-23(22)24/h5-10,13-14,19-20,29H,11-12,15-16H2,1-4H3. The van der Waals surface area contributed by atoms with Crippen LogP contribution in [-0.4, -0.2) is 58.4 Å². The largest absolute Gasteiger partial charge is 0.372 e. The second-order valence-corrected chi connectivity index (χ2v) is 9.56. The van der Waals surface area contributed by atoms with Crippen molar-refractivity contribution < 1.29 is 14.3 Å². The van der Waals surface area contributed by atoms with Crippen molar-refractivity contribution in [2.75, 3.05) is 19.6 Å². The van der Waals surface area contributed by atoms with Crippen LogP contribution in [0.3, 0.4) is 0 Å². The first-order valence-corrected chi connectivity index (χ1v) is 12.0. The first kappa shape index (κ1) is 22.4. The van der Waals surface area contributed by atoms with Crippen molar-refractivity contribution in [2.45, 2.75) is 46.3 Å². The van der Waals surface area contributed by atoms with Crippen molar-refractivity contribution >= 4 is 28.3 Å². The maximum Gasteiger partial charge on any atom is 0.277 e. The Bertz CT molecular complexity index is 1300. The van der Waals surface area contributed by atoms with E-state index in [1.165, 1.54) is 4.90 Å². The van der Waals surface area contributed by atoms with Crippen LogP contribution in [0.5, 0.6) is 0 Å². The molecule has 34 heavy (non-hydrogen) atoms. The number of aromatic amines is 1. The van der Waals surface area contributed by atoms with Crippen molar-refractivity contribution in [3.05, 3.63) is 76.6 Å². The van der Waals surface area contributed by atoms with Gasteiger partial charge in [-0.2, -0.15) is 0 Å². The second-order valence-electron chi connectivity index (χ2n) is 9.56. The van der Waals surface area contributed by atoms with Crippen molar-refractivity contribution in [3.8, 4) is 0 Å². The molecule has 6 nitrogen and oxygen atoms in total. The lowest BCUT2D eigenvalue weighted by atomic mass is 9.99. The van der Waals surface area contributed by atoms with Crippen LogP contribution in [0, 0.1) is 13.8 Å². The molecule has 0 saturated carbocycles. The summed E-state index contributed by atoms with van der Waals surface area (Å²) in [6, 6.07) is 14.1. The summed E-state index contributed by atoms with van der Waals surface area (Å²) < 4.78 is 5.90. The van der Waals surface area contributed by atoms with Crippen LogP contribution in [0.1, 0.15) is 36.1 Å². The number of amides is 2. The van der Waals surface area contributed by atoms with E-state index < -0.39 is 0 Å². The summed E-state index contributed by atoms with van der Waals surface area (Å²) in [4.78, 5) is 34.2. The minimum Gasteiger partial charge on any atom is -0.372 e. The van der Waals surface area contributed by atoms with E-state index in [1.807, 2.05) is 63.4 Å². The predicted molar refractivity (Wildman–Crippen MR) is 133 cm³/mol. The Hall–Kier alpha value is -3.38. The maximum absolute atomic E-state index is 13.7. The highest BCUT2D eigenvalue weighted by molar-refractivity contribution is 6.35. The van der Waals surface area contributed by atoms with E-state index in [0.717, 1.165) is 33.2 Å². The molecule has 2 atom stereocenters. The number of imide groups is 1. The van der Waals surface area contributed by atoms with Gasteiger partial charge in [0, 0.05) is 36.7 Å². The molecule has 0 bridgehead atoms. The fourth-order valence-electron chi connectivity index (χ4n) is 5.15. The number of ether oxygens (including phenoxy) is 1. The molecule has 0 radical (unpaired) electrons. The van der Waals surface area contributed by atoms with Gasteiger partial charge in [-0.3, -0.25) is 14.5 Å². The fraction of sp³-hybridized carbons (Fsp3) is 0.357. The van der Waals surface area contributed by atoms with Gasteiger partial charge in [0.1, 0.15) is 5.70 Å². The number of carbonyl (C=O) groups is 2. The summed E-state index contributed by atoms with van der Waals surface area (Å²) in [7, 11) is 0. The summed E-state index contributed by atoms with van der Waals surface area (Å²) in [5.74, 6) is -0.422. The molecule has 2 aliphatic rings. The average Bonchev–Trinajstić information content (AvgIpc) is 3.32. The predicted octanol–water partition coefficient (Wildman–Crippen LogP) is 4.22. The number of rotatable bonds is 5. The molecule has 1 aromatic heterocycles. The molecule has 3 heterocycles. The zero-order chi connectivity index (χ0) is 24.0. The number of aryl methyl sites for hydroxylation is 2. The third-order valence-electron chi connectivity index (χ3n) is 6.95. The first-order valence-electron chi connectivity index (χ1n) is 12.0. The molecule has 3 aromatic rings. The van der Waals surface area contributed by atoms with Gasteiger partial charge in [-0.25, -0.2) is 0 Å². The van der Waals surface area contributed by atoms with Gasteiger partial charge in [0.25, 0.3) is 11.8 Å². The van der Waals surface area contributed by atoms with Crippen LogP contribution in [0.2, 0.25) is 0 Å². The smallest absolute Gasteiger partial charge is 0.277 e. The third-order valence-corrected chi connectivity index (χ3v) is 6.95. The fourth-order valence-corrected chi connectivity index (χ4v) is 5.15. The molecule has 5 rings (SSSR count). The zero-order valence-corrected chi connectivity index (χ0v) is 20.2. The molecule has 1 N–H and O–H groups in total. The molecule has 2 amide bonds. The van der Waals surface area contributed by atoms with E-state index in [-0.39, 0.29) is 24.0 Å². The summed E-state index contributed by atoms with van der Waals surface area (Å²) in [6.07, 6.45) is 2.55. The molecule has 2 aliphatic heterocycles. The van der Waals surface area contributed by atoms with E-state index in [1.54, 1.807) is 0 Å². The normalized spacial score (nSPS) is 21.3. The van der Waals surface area contributed by atoms with Crippen LogP contribution >= 0.6 is 0 Å². The molecule has 1 fully saturated rings. The maximum atomic E-state index is 13.7. The Balaban J connectivity index is 1.49. The Morgan fingerprint density at radius 3 is 2.44 bits per heavy atom. The van der Waals surface area contributed by atoms with Gasteiger partial charge < -0.3 is 14.6 Å². The Labute approximate surface area is 200 Å². The molecule has 0 spiro atoms. The topological polar surface area (TPSA) is 65.6 Å². The van der Waals surface area contributed by atoms with Gasteiger partial charge in [0.05, 0.1) is 17.8 Å². The van der Waals surface area contributed by atoms with Crippen LogP contribution in [0.25, 0.3) is 16.5 Å². The van der Waals surface area contributed by atoms with Crippen molar-refractivity contribution in [2.24, 2.45) is 0 Å². The lowest BCUT2D eigenvalue weighted by Gasteiger charge is -2.37. The minimum absolute atomic E-state index is 0.0135. The average molecular weight is 458 g/mol. The van der Waals surface area contributed by atoms with Gasteiger partial charge in [-0.15, -0.1) is 0 Å². The number of H-pyrrole nitrogens is 1. The van der Waals surface area contributed by atoms with E-state index in [0.29, 0.717) is 37.3 Å².